The van der Waals surface area contributed by atoms with Crippen LogP contribution in [-0.4, -0.2) is 49.5 Å². The van der Waals surface area contributed by atoms with Crippen LogP contribution in [0.4, 0.5) is 8.78 Å². The molecule has 1 N–H and O–H groups in total. The van der Waals surface area contributed by atoms with Gasteiger partial charge >= 0.3 is 0 Å². The fourth-order valence-corrected chi connectivity index (χ4v) is 4.08. The molecule has 154 valence electrons. The van der Waals surface area contributed by atoms with Crippen molar-refractivity contribution in [2.45, 2.75) is 103 Å². The van der Waals surface area contributed by atoms with E-state index in [-0.39, 0.29) is 5.04 Å². The summed E-state index contributed by atoms with van der Waals surface area (Å²) in [7, 11) is -2.33. The number of alkyl halides is 2. The Morgan fingerprint density at radius 2 is 1.73 bits per heavy atom. The van der Waals surface area contributed by atoms with Gasteiger partial charge in [-0.15, -0.1) is 0 Å². The third kappa shape index (κ3) is 4.92. The zero-order valence-electron chi connectivity index (χ0n) is 17.9. The molecule has 0 aromatic rings. The Balaban J connectivity index is 3.27. The van der Waals surface area contributed by atoms with Gasteiger partial charge in [0.05, 0.1) is 6.61 Å². The Morgan fingerprint density at radius 3 is 2.12 bits per heavy atom. The first-order chi connectivity index (χ1) is 11.4. The van der Waals surface area contributed by atoms with Crippen LogP contribution in [0.25, 0.3) is 0 Å². The summed E-state index contributed by atoms with van der Waals surface area (Å²) in [6.07, 6.45) is -2.57. The van der Waals surface area contributed by atoms with Crippen LogP contribution in [0.1, 0.15) is 55.4 Å². The van der Waals surface area contributed by atoms with Crippen molar-refractivity contribution < 1.29 is 27.8 Å². The number of ether oxygens (including phenoxy) is 2. The van der Waals surface area contributed by atoms with Gasteiger partial charge in [-0.25, -0.2) is 8.78 Å². The molecule has 0 aromatic carbocycles. The monoisotopic (exact) mass is 394 g/mol. The van der Waals surface area contributed by atoms with E-state index in [9.17, 15) is 13.9 Å². The summed E-state index contributed by atoms with van der Waals surface area (Å²) in [5.74, 6) is -1.09. The first kappa shape index (κ1) is 23.7. The van der Waals surface area contributed by atoms with Crippen molar-refractivity contribution >= 4 is 8.32 Å². The van der Waals surface area contributed by atoms with Gasteiger partial charge in [0.1, 0.15) is 11.7 Å². The highest BCUT2D eigenvalue weighted by atomic mass is 28.4. The first-order valence-electron chi connectivity index (χ1n) is 9.05. The lowest BCUT2D eigenvalue weighted by atomic mass is 9.84. The molecule has 1 aliphatic rings. The topological polar surface area (TPSA) is 47.9 Å². The molecule has 1 rings (SSSR count). The van der Waals surface area contributed by atoms with Gasteiger partial charge in [0.15, 0.2) is 19.7 Å². The molecule has 0 spiro atoms. The molecule has 7 heteroatoms. The number of hydrogen-bond acceptors (Lipinski definition) is 4. The second-order valence-electron chi connectivity index (χ2n) is 9.75. The van der Waals surface area contributed by atoms with E-state index in [0.717, 1.165) is 5.57 Å². The molecule has 0 aliphatic carbocycles. The number of hydrogen-bond donors (Lipinski definition) is 1. The molecule has 0 bridgehead atoms. The quantitative estimate of drug-likeness (QED) is 0.515. The highest BCUT2D eigenvalue weighted by molar-refractivity contribution is 6.74. The van der Waals surface area contributed by atoms with Gasteiger partial charge < -0.3 is 19.0 Å². The maximum atomic E-state index is 14.1. The minimum absolute atomic E-state index is 0.161. The molecule has 0 radical (unpaired) electrons. The van der Waals surface area contributed by atoms with Crippen LogP contribution >= 0.6 is 0 Å². The van der Waals surface area contributed by atoms with E-state index in [4.69, 9.17) is 13.9 Å². The lowest BCUT2D eigenvalue weighted by Gasteiger charge is -2.42. The van der Waals surface area contributed by atoms with Gasteiger partial charge in [-0.3, -0.25) is 0 Å². The van der Waals surface area contributed by atoms with E-state index in [1.165, 1.54) is 0 Å². The average Bonchev–Trinajstić information content (AvgIpc) is 2.63. The van der Waals surface area contributed by atoms with Gasteiger partial charge in [-0.05, 0) is 52.8 Å². The Hall–Kier alpha value is -0.343. The lowest BCUT2D eigenvalue weighted by Crippen LogP contribution is -2.61. The van der Waals surface area contributed by atoms with Crippen molar-refractivity contribution in [3.8, 4) is 0 Å². The van der Waals surface area contributed by atoms with Crippen LogP contribution in [0.5, 0.6) is 0 Å². The summed E-state index contributed by atoms with van der Waals surface area (Å²) >= 11 is 0. The molecule has 26 heavy (non-hydrogen) atoms. The van der Waals surface area contributed by atoms with Gasteiger partial charge in [0, 0.05) is 0 Å². The highest BCUT2D eigenvalue weighted by Gasteiger charge is 2.62. The van der Waals surface area contributed by atoms with E-state index in [2.05, 4.69) is 0 Å². The van der Waals surface area contributed by atoms with Crippen LogP contribution in [0.3, 0.4) is 0 Å². The van der Waals surface area contributed by atoms with E-state index in [1.54, 1.807) is 26.8 Å². The van der Waals surface area contributed by atoms with Gasteiger partial charge in [0.2, 0.25) is 0 Å². The van der Waals surface area contributed by atoms with E-state index < -0.39 is 44.4 Å². The van der Waals surface area contributed by atoms with Crippen LogP contribution in [0, 0.1) is 0 Å². The second-order valence-corrected chi connectivity index (χ2v) is 14.6. The average molecular weight is 395 g/mol. The molecule has 0 aromatic heterocycles. The Bertz CT molecular complexity index is 538. The zero-order chi connectivity index (χ0) is 20.8. The van der Waals surface area contributed by atoms with Gasteiger partial charge in [-0.2, -0.15) is 0 Å². The minimum Gasteiger partial charge on any atom is -0.414 e. The zero-order valence-corrected chi connectivity index (χ0v) is 18.9. The molecule has 4 nitrogen and oxygen atoms in total. The van der Waals surface area contributed by atoms with E-state index in [1.807, 2.05) is 47.7 Å². The maximum Gasteiger partial charge on any atom is 0.271 e. The second kappa shape index (κ2) is 7.24. The molecule has 1 aliphatic heterocycles. The molecular weight excluding hydrogens is 358 g/mol. The largest absolute Gasteiger partial charge is 0.414 e. The lowest BCUT2D eigenvalue weighted by molar-refractivity contribution is -0.212. The van der Waals surface area contributed by atoms with Crippen LogP contribution in [-0.2, 0) is 13.9 Å². The van der Waals surface area contributed by atoms with Crippen molar-refractivity contribution in [2.75, 3.05) is 6.61 Å². The summed E-state index contributed by atoms with van der Waals surface area (Å²) < 4.78 is 45.8. The van der Waals surface area contributed by atoms with Crippen molar-refractivity contribution in [2.24, 2.45) is 0 Å². The summed E-state index contributed by atoms with van der Waals surface area (Å²) in [6.45, 7) is 18.2. The van der Waals surface area contributed by atoms with Crippen LogP contribution in [0.15, 0.2) is 11.6 Å². The Labute approximate surface area is 158 Å². The normalized spacial score (nSPS) is 28.9. The molecule has 0 saturated carbocycles. The maximum absolute atomic E-state index is 14.1. The minimum atomic E-state index is -3.04. The number of allylic oxidation sites excluding steroid dienone is 1. The third-order valence-corrected chi connectivity index (χ3v) is 9.74. The van der Waals surface area contributed by atoms with Gasteiger partial charge in [0.25, 0.3) is 6.43 Å². The summed E-state index contributed by atoms with van der Waals surface area (Å²) in [4.78, 5) is 0. The number of aliphatic hydroxyl groups is 1. The predicted octanol–water partition coefficient (Wildman–Crippen LogP) is 4.88. The third-order valence-electron chi connectivity index (χ3n) is 5.27. The Morgan fingerprint density at radius 1 is 1.23 bits per heavy atom. The van der Waals surface area contributed by atoms with Crippen LogP contribution < -0.4 is 0 Å². The summed E-state index contributed by atoms with van der Waals surface area (Å²) in [6, 6.07) is 0. The molecule has 0 amide bonds. The number of rotatable bonds is 6. The molecule has 1 fully saturated rings. The predicted molar refractivity (Wildman–Crippen MR) is 102 cm³/mol. The summed E-state index contributed by atoms with van der Waals surface area (Å²) in [5, 5.41) is 10.8. The molecule has 1 heterocycles. The first-order valence-corrected chi connectivity index (χ1v) is 12.0. The molecular formula is C19H36F2O4Si. The van der Waals surface area contributed by atoms with Crippen molar-refractivity contribution in [1.29, 1.82) is 0 Å². The van der Waals surface area contributed by atoms with Crippen molar-refractivity contribution in [3.05, 3.63) is 11.6 Å². The number of halogens is 2. The highest BCUT2D eigenvalue weighted by Crippen LogP contribution is 2.45. The molecule has 3 atom stereocenters. The van der Waals surface area contributed by atoms with E-state index >= 15 is 0 Å². The van der Waals surface area contributed by atoms with Gasteiger partial charge in [-0.1, -0.05) is 32.4 Å². The fraction of sp³-hybridized carbons (Fsp3) is 0.895. The molecule has 1 unspecified atom stereocenters. The SMILES string of the molecule is CC(C)=C[C@]1(C)OC(C)(C)O[C@@H]1C(O)(CO[Si](C)(C)C(C)(C)C)C(F)F. The van der Waals surface area contributed by atoms with E-state index in [0.29, 0.717) is 0 Å². The van der Waals surface area contributed by atoms with Crippen LogP contribution in [0.2, 0.25) is 18.1 Å². The molecule has 1 saturated heterocycles. The standard InChI is InChI=1S/C19H36F2O4Si/c1-13(2)11-18(8)14(24-17(6,7)25-18)19(22,15(20)21)12-23-26(9,10)16(3,4)5/h11,14-15,22H,12H2,1-10H3/t14-,18-,19?/m0/s1. The van der Waals surface area contributed by atoms with Crippen molar-refractivity contribution in [3.63, 3.8) is 0 Å². The fourth-order valence-electron chi connectivity index (χ4n) is 3.05. The smallest absolute Gasteiger partial charge is 0.271 e. The van der Waals surface area contributed by atoms with Crippen molar-refractivity contribution in [1.82, 2.24) is 0 Å². The Kier molecular flexibility index (Phi) is 6.60. The summed E-state index contributed by atoms with van der Waals surface area (Å²) in [5.41, 5.74) is -2.78.